The fraction of sp³-hybridized carbons (Fsp3) is 0.348. The van der Waals surface area contributed by atoms with Crippen LogP contribution in [0.5, 0.6) is 5.75 Å². The number of amides is 1. The summed E-state index contributed by atoms with van der Waals surface area (Å²) in [4.78, 5) is 18.3. The number of benzene rings is 2. The molecular formula is C23H26FN3O3. The van der Waals surface area contributed by atoms with Gasteiger partial charge in [0.25, 0.3) is 0 Å². The third-order valence-electron chi connectivity index (χ3n) is 4.79. The van der Waals surface area contributed by atoms with Gasteiger partial charge in [-0.25, -0.2) is 4.39 Å². The van der Waals surface area contributed by atoms with E-state index in [0.717, 1.165) is 5.56 Å². The quantitative estimate of drug-likeness (QED) is 0.520. The molecule has 1 amide bonds. The Morgan fingerprint density at radius 2 is 1.83 bits per heavy atom. The normalized spacial score (nSPS) is 11.0. The van der Waals surface area contributed by atoms with Crippen molar-refractivity contribution in [3.8, 4) is 17.1 Å². The number of ether oxygens (including phenoxy) is 1. The molecule has 0 atom stereocenters. The molecule has 0 fully saturated rings. The van der Waals surface area contributed by atoms with E-state index in [2.05, 4.69) is 36.1 Å². The number of carbonyl (C=O) groups is 1. The minimum absolute atomic E-state index is 0.0428. The van der Waals surface area contributed by atoms with Crippen LogP contribution >= 0.6 is 0 Å². The molecule has 0 N–H and O–H groups in total. The van der Waals surface area contributed by atoms with Gasteiger partial charge in [0.2, 0.25) is 17.6 Å². The van der Waals surface area contributed by atoms with Crippen LogP contribution in [-0.2, 0) is 11.2 Å². The molecule has 6 nitrogen and oxygen atoms in total. The Balaban J connectivity index is 1.44. The summed E-state index contributed by atoms with van der Waals surface area (Å²) in [5, 5.41) is 4.02. The highest BCUT2D eigenvalue weighted by Gasteiger charge is 2.14. The molecule has 7 heteroatoms. The van der Waals surface area contributed by atoms with Crippen molar-refractivity contribution < 1.29 is 18.4 Å². The third kappa shape index (κ3) is 5.89. The van der Waals surface area contributed by atoms with Gasteiger partial charge >= 0.3 is 0 Å². The maximum Gasteiger partial charge on any atom is 0.227 e. The van der Waals surface area contributed by atoms with Crippen LogP contribution in [0.25, 0.3) is 11.4 Å². The summed E-state index contributed by atoms with van der Waals surface area (Å²) >= 11 is 0. The van der Waals surface area contributed by atoms with Gasteiger partial charge in [-0.3, -0.25) is 4.79 Å². The highest BCUT2D eigenvalue weighted by atomic mass is 19.1. The number of aryl methyl sites for hydroxylation is 1. The van der Waals surface area contributed by atoms with Crippen molar-refractivity contribution in [1.29, 1.82) is 0 Å². The maximum atomic E-state index is 12.9. The molecule has 0 spiro atoms. The van der Waals surface area contributed by atoms with Crippen molar-refractivity contribution in [1.82, 2.24) is 15.0 Å². The fourth-order valence-electron chi connectivity index (χ4n) is 2.85. The van der Waals surface area contributed by atoms with Crippen molar-refractivity contribution in [2.24, 2.45) is 0 Å². The van der Waals surface area contributed by atoms with E-state index in [-0.39, 0.29) is 18.1 Å². The largest absolute Gasteiger partial charge is 0.492 e. The van der Waals surface area contributed by atoms with E-state index in [0.29, 0.717) is 43.0 Å². The van der Waals surface area contributed by atoms with E-state index < -0.39 is 0 Å². The molecule has 0 aliphatic heterocycles. The van der Waals surface area contributed by atoms with E-state index in [9.17, 15) is 9.18 Å². The molecule has 0 radical (unpaired) electrons. The summed E-state index contributed by atoms with van der Waals surface area (Å²) in [5.74, 6) is 1.63. The first-order valence-electron chi connectivity index (χ1n) is 9.97. The van der Waals surface area contributed by atoms with Gasteiger partial charge in [0.15, 0.2) is 0 Å². The predicted octanol–water partition coefficient (Wildman–Crippen LogP) is 4.47. The van der Waals surface area contributed by atoms with Gasteiger partial charge in [0, 0.05) is 25.5 Å². The van der Waals surface area contributed by atoms with Crippen molar-refractivity contribution in [2.45, 2.75) is 32.6 Å². The molecule has 30 heavy (non-hydrogen) atoms. The van der Waals surface area contributed by atoms with Gasteiger partial charge in [0.1, 0.15) is 18.2 Å². The van der Waals surface area contributed by atoms with Crippen molar-refractivity contribution in [2.75, 3.05) is 20.2 Å². The lowest BCUT2D eigenvalue weighted by Gasteiger charge is -2.17. The topological polar surface area (TPSA) is 68.5 Å². The summed E-state index contributed by atoms with van der Waals surface area (Å²) < 4.78 is 23.7. The van der Waals surface area contributed by atoms with Gasteiger partial charge in [-0.15, -0.1) is 0 Å². The van der Waals surface area contributed by atoms with Crippen molar-refractivity contribution in [3.05, 3.63) is 65.8 Å². The Bertz CT molecular complexity index is 953. The molecule has 2 aromatic carbocycles. The lowest BCUT2D eigenvalue weighted by molar-refractivity contribution is -0.130. The molecule has 0 bridgehead atoms. The van der Waals surface area contributed by atoms with E-state index in [1.807, 2.05) is 12.1 Å². The van der Waals surface area contributed by atoms with E-state index >= 15 is 0 Å². The molecule has 158 valence electrons. The maximum absolute atomic E-state index is 12.9. The number of rotatable bonds is 9. The number of aromatic nitrogens is 2. The Labute approximate surface area is 175 Å². The fourth-order valence-corrected chi connectivity index (χ4v) is 2.85. The monoisotopic (exact) mass is 411 g/mol. The molecule has 0 saturated carbocycles. The summed E-state index contributed by atoms with van der Waals surface area (Å²) in [6.07, 6.45) is 0.639. The Hall–Kier alpha value is -3.22. The van der Waals surface area contributed by atoms with Crippen molar-refractivity contribution >= 4 is 5.91 Å². The second kappa shape index (κ2) is 10.0. The number of hydrogen-bond donors (Lipinski definition) is 0. The van der Waals surface area contributed by atoms with Crippen LogP contribution in [0.3, 0.4) is 0 Å². The van der Waals surface area contributed by atoms with Crippen molar-refractivity contribution in [3.63, 3.8) is 0 Å². The molecule has 0 aliphatic carbocycles. The average Bonchev–Trinajstić information content (AvgIpc) is 3.22. The molecule has 3 rings (SSSR count). The van der Waals surface area contributed by atoms with Crippen LogP contribution in [0.1, 0.15) is 37.6 Å². The van der Waals surface area contributed by atoms with E-state index in [1.165, 1.54) is 17.7 Å². The lowest BCUT2D eigenvalue weighted by atomic mass is 10.0. The zero-order chi connectivity index (χ0) is 21.5. The second-order valence-corrected chi connectivity index (χ2v) is 7.41. The van der Waals surface area contributed by atoms with Gasteiger partial charge in [-0.1, -0.05) is 43.3 Å². The summed E-state index contributed by atoms with van der Waals surface area (Å²) in [6, 6.07) is 13.9. The van der Waals surface area contributed by atoms with Crippen LogP contribution in [0.15, 0.2) is 53.1 Å². The highest BCUT2D eigenvalue weighted by molar-refractivity contribution is 5.76. The molecule has 1 heterocycles. The van der Waals surface area contributed by atoms with Crippen LogP contribution in [-0.4, -0.2) is 41.1 Å². The standard InChI is InChI=1S/C23H26FN3O3/c1-16(2)17-4-6-18(7-5-17)23-25-21(30-26-23)12-13-22(28)27(3)14-15-29-20-10-8-19(24)9-11-20/h4-11,16H,12-15H2,1-3H3. The predicted molar refractivity (Wildman–Crippen MR) is 112 cm³/mol. The minimum atomic E-state index is -0.314. The van der Waals surface area contributed by atoms with Gasteiger partial charge in [-0.2, -0.15) is 4.98 Å². The Morgan fingerprint density at radius 1 is 1.13 bits per heavy atom. The molecule has 1 aromatic heterocycles. The van der Waals surface area contributed by atoms with Gasteiger partial charge < -0.3 is 14.2 Å². The third-order valence-corrected chi connectivity index (χ3v) is 4.79. The Kier molecular flexibility index (Phi) is 7.17. The van der Waals surface area contributed by atoms with E-state index in [4.69, 9.17) is 9.26 Å². The van der Waals surface area contributed by atoms with Gasteiger partial charge in [0.05, 0.1) is 6.54 Å². The Morgan fingerprint density at radius 3 is 2.50 bits per heavy atom. The molecule has 0 saturated heterocycles. The molecule has 0 unspecified atom stereocenters. The van der Waals surface area contributed by atoms with Crippen LogP contribution < -0.4 is 4.74 Å². The molecule has 0 aliphatic rings. The minimum Gasteiger partial charge on any atom is -0.492 e. The van der Waals surface area contributed by atoms with Crippen LogP contribution in [0, 0.1) is 5.82 Å². The SMILES string of the molecule is CC(C)c1ccc(-c2noc(CCC(=O)N(C)CCOc3ccc(F)cc3)n2)cc1. The number of hydrogen-bond acceptors (Lipinski definition) is 5. The smallest absolute Gasteiger partial charge is 0.227 e. The van der Waals surface area contributed by atoms with E-state index in [1.54, 1.807) is 24.1 Å². The summed E-state index contributed by atoms with van der Waals surface area (Å²) in [5.41, 5.74) is 2.13. The molecular weight excluding hydrogens is 385 g/mol. The molecule has 3 aromatic rings. The summed E-state index contributed by atoms with van der Waals surface area (Å²) in [7, 11) is 1.71. The average molecular weight is 411 g/mol. The first kappa shape index (κ1) is 21.5. The van der Waals surface area contributed by atoms with Gasteiger partial charge in [-0.05, 0) is 35.7 Å². The first-order chi connectivity index (χ1) is 14.4. The zero-order valence-corrected chi connectivity index (χ0v) is 17.5. The second-order valence-electron chi connectivity index (χ2n) is 7.41. The number of carbonyl (C=O) groups excluding carboxylic acids is 1. The van der Waals surface area contributed by atoms with Crippen LogP contribution in [0.2, 0.25) is 0 Å². The van der Waals surface area contributed by atoms with Crippen LogP contribution in [0.4, 0.5) is 4.39 Å². The zero-order valence-electron chi connectivity index (χ0n) is 17.5. The number of likely N-dealkylation sites (N-methyl/N-ethyl adjacent to an activating group) is 1. The summed E-state index contributed by atoms with van der Waals surface area (Å²) in [6.45, 7) is 5.03. The first-order valence-corrected chi connectivity index (χ1v) is 9.97. The highest BCUT2D eigenvalue weighted by Crippen LogP contribution is 2.21. The number of halogens is 1. The lowest BCUT2D eigenvalue weighted by Crippen LogP contribution is -2.31. The number of nitrogens with zero attached hydrogens (tertiary/aromatic N) is 3.